The summed E-state index contributed by atoms with van der Waals surface area (Å²) in [6, 6.07) is 0.353. The highest BCUT2D eigenvalue weighted by Crippen LogP contribution is 2.14. The average Bonchev–Trinajstić information content (AvgIpc) is 2.61. The van der Waals surface area contributed by atoms with Crippen molar-refractivity contribution < 1.29 is 4.74 Å². The number of aryl methyl sites for hydroxylation is 1. The lowest BCUT2D eigenvalue weighted by atomic mass is 10.3. The second-order valence-corrected chi connectivity index (χ2v) is 3.99. The molecule has 0 aliphatic carbocycles. The van der Waals surface area contributed by atoms with E-state index in [-0.39, 0.29) is 0 Å². The van der Waals surface area contributed by atoms with Crippen molar-refractivity contribution in [2.45, 2.75) is 38.6 Å². The predicted octanol–water partition coefficient (Wildman–Crippen LogP) is 2.18. The normalized spacial score (nSPS) is 11.3. The highest BCUT2D eigenvalue weighted by atomic mass is 35.5. The molecule has 1 aromatic heterocycles. The van der Waals surface area contributed by atoms with Crippen LogP contribution >= 0.6 is 11.6 Å². The van der Waals surface area contributed by atoms with Crippen molar-refractivity contribution in [3.05, 3.63) is 11.6 Å². The maximum absolute atomic E-state index is 5.80. The topological polar surface area (TPSA) is 39.9 Å². The fourth-order valence-corrected chi connectivity index (χ4v) is 1.78. The lowest BCUT2D eigenvalue weighted by Gasteiger charge is -2.12. The minimum Gasteiger partial charge on any atom is -0.385 e. The number of aromatic nitrogens is 3. The first kappa shape index (κ1) is 12.5. The van der Waals surface area contributed by atoms with Crippen molar-refractivity contribution in [3.63, 3.8) is 0 Å². The van der Waals surface area contributed by atoms with Gasteiger partial charge in [-0.15, -0.1) is 21.8 Å². The minimum absolute atomic E-state index is 0.353. The predicted molar refractivity (Wildman–Crippen MR) is 60.2 cm³/mol. The quantitative estimate of drug-likeness (QED) is 0.557. The maximum Gasteiger partial charge on any atom is 0.148 e. The van der Waals surface area contributed by atoms with Crippen LogP contribution in [0.25, 0.3) is 0 Å². The molecule has 0 N–H and O–H groups in total. The molecule has 0 atom stereocenters. The number of rotatable bonds is 6. The summed E-state index contributed by atoms with van der Waals surface area (Å²) in [7, 11) is 1.71. The Morgan fingerprint density at radius 2 is 2.00 bits per heavy atom. The molecule has 0 radical (unpaired) electrons. The van der Waals surface area contributed by atoms with Crippen molar-refractivity contribution in [1.82, 2.24) is 14.8 Å². The summed E-state index contributed by atoms with van der Waals surface area (Å²) in [5.74, 6) is 2.26. The molecular formula is C10H18ClN3O. The van der Waals surface area contributed by atoms with Gasteiger partial charge < -0.3 is 9.30 Å². The van der Waals surface area contributed by atoms with Gasteiger partial charge in [0, 0.05) is 26.2 Å². The molecule has 0 aliphatic heterocycles. The van der Waals surface area contributed by atoms with E-state index >= 15 is 0 Å². The fourth-order valence-electron chi connectivity index (χ4n) is 1.59. The second kappa shape index (κ2) is 6.08. The third-order valence-corrected chi connectivity index (χ3v) is 2.46. The van der Waals surface area contributed by atoms with Crippen LogP contribution in [0.3, 0.4) is 0 Å². The highest BCUT2D eigenvalue weighted by Gasteiger charge is 2.13. The summed E-state index contributed by atoms with van der Waals surface area (Å²) < 4.78 is 7.11. The molecule has 4 nitrogen and oxygen atoms in total. The molecule has 15 heavy (non-hydrogen) atoms. The van der Waals surface area contributed by atoms with Crippen LogP contribution in [-0.4, -0.2) is 28.5 Å². The maximum atomic E-state index is 5.80. The van der Waals surface area contributed by atoms with E-state index < -0.39 is 0 Å². The third-order valence-electron chi connectivity index (χ3n) is 2.22. The molecule has 0 saturated carbocycles. The van der Waals surface area contributed by atoms with E-state index in [9.17, 15) is 0 Å². The summed E-state index contributed by atoms with van der Waals surface area (Å²) in [5.41, 5.74) is 0. The van der Waals surface area contributed by atoms with Gasteiger partial charge in [0.25, 0.3) is 0 Å². The van der Waals surface area contributed by atoms with E-state index in [1.807, 2.05) is 0 Å². The summed E-state index contributed by atoms with van der Waals surface area (Å²) >= 11 is 5.80. The second-order valence-electron chi connectivity index (χ2n) is 3.73. The Kier molecular flexibility index (Phi) is 5.05. The van der Waals surface area contributed by atoms with Gasteiger partial charge in [-0.2, -0.15) is 0 Å². The fraction of sp³-hybridized carbons (Fsp3) is 0.800. The van der Waals surface area contributed by atoms with E-state index in [2.05, 4.69) is 28.6 Å². The molecule has 0 saturated heterocycles. The van der Waals surface area contributed by atoms with Crippen LogP contribution < -0.4 is 0 Å². The number of alkyl halides is 1. The average molecular weight is 232 g/mol. The van der Waals surface area contributed by atoms with E-state index in [0.717, 1.165) is 31.1 Å². The number of hydrogen-bond donors (Lipinski definition) is 0. The molecule has 0 amide bonds. The molecular weight excluding hydrogens is 214 g/mol. The molecule has 1 aromatic rings. The van der Waals surface area contributed by atoms with Gasteiger partial charge in [0.2, 0.25) is 0 Å². The largest absolute Gasteiger partial charge is 0.385 e. The van der Waals surface area contributed by atoms with Gasteiger partial charge in [-0.3, -0.25) is 0 Å². The Morgan fingerprint density at radius 1 is 1.33 bits per heavy atom. The van der Waals surface area contributed by atoms with Gasteiger partial charge in [0.1, 0.15) is 11.6 Å². The number of methoxy groups -OCH3 is 1. The third kappa shape index (κ3) is 3.18. The first-order valence-electron chi connectivity index (χ1n) is 5.18. The van der Waals surface area contributed by atoms with Gasteiger partial charge in [-0.05, 0) is 20.3 Å². The Hall–Kier alpha value is -0.610. The van der Waals surface area contributed by atoms with E-state index in [1.54, 1.807) is 7.11 Å². The van der Waals surface area contributed by atoms with Crippen molar-refractivity contribution in [3.8, 4) is 0 Å². The lowest BCUT2D eigenvalue weighted by Crippen LogP contribution is -2.10. The van der Waals surface area contributed by atoms with Crippen LogP contribution in [0.15, 0.2) is 0 Å². The smallest absolute Gasteiger partial charge is 0.148 e. The van der Waals surface area contributed by atoms with Crippen LogP contribution in [0.5, 0.6) is 0 Å². The molecule has 1 rings (SSSR count). The number of ether oxygens (including phenoxy) is 1. The van der Waals surface area contributed by atoms with Crippen molar-refractivity contribution in [2.24, 2.45) is 0 Å². The Bertz CT molecular complexity index is 299. The Labute approximate surface area is 95.6 Å². The molecule has 86 valence electrons. The first-order valence-corrected chi connectivity index (χ1v) is 5.71. The number of nitrogens with zero attached hydrogens (tertiary/aromatic N) is 3. The van der Waals surface area contributed by atoms with Crippen LogP contribution in [-0.2, 0) is 17.0 Å². The van der Waals surface area contributed by atoms with E-state index in [4.69, 9.17) is 16.3 Å². The molecule has 1 heterocycles. The van der Waals surface area contributed by atoms with Crippen LogP contribution in [0.4, 0.5) is 0 Å². The zero-order valence-electron chi connectivity index (χ0n) is 9.53. The van der Waals surface area contributed by atoms with Gasteiger partial charge >= 0.3 is 0 Å². The molecule has 0 fully saturated rings. The highest BCUT2D eigenvalue weighted by molar-refractivity contribution is 6.16. The summed E-state index contributed by atoms with van der Waals surface area (Å²) in [6.45, 7) is 4.97. The standard InChI is InChI=1S/C10H18ClN3O/c1-8(2)14-9(5-4-6-15-3)12-13-10(14)7-11/h8H,4-7H2,1-3H3. The molecule has 0 spiro atoms. The van der Waals surface area contributed by atoms with Gasteiger partial charge in [0.05, 0.1) is 5.88 Å². The number of hydrogen-bond acceptors (Lipinski definition) is 3. The van der Waals surface area contributed by atoms with Crippen LogP contribution in [0.1, 0.15) is 38.0 Å². The van der Waals surface area contributed by atoms with Gasteiger partial charge in [0.15, 0.2) is 0 Å². The summed E-state index contributed by atoms with van der Waals surface area (Å²) in [6.07, 6.45) is 1.85. The lowest BCUT2D eigenvalue weighted by molar-refractivity contribution is 0.194. The Balaban J connectivity index is 2.73. The summed E-state index contributed by atoms with van der Waals surface area (Å²) in [5, 5.41) is 8.23. The van der Waals surface area contributed by atoms with Gasteiger partial charge in [-0.1, -0.05) is 0 Å². The van der Waals surface area contributed by atoms with Gasteiger partial charge in [-0.25, -0.2) is 0 Å². The molecule has 5 heteroatoms. The number of halogens is 1. The zero-order chi connectivity index (χ0) is 11.3. The van der Waals surface area contributed by atoms with Crippen molar-refractivity contribution in [2.75, 3.05) is 13.7 Å². The van der Waals surface area contributed by atoms with Crippen LogP contribution in [0, 0.1) is 0 Å². The molecule has 0 aliphatic rings. The minimum atomic E-state index is 0.353. The van der Waals surface area contributed by atoms with Crippen LogP contribution in [0.2, 0.25) is 0 Å². The van der Waals surface area contributed by atoms with Crippen molar-refractivity contribution in [1.29, 1.82) is 0 Å². The molecule has 0 bridgehead atoms. The summed E-state index contributed by atoms with van der Waals surface area (Å²) in [4.78, 5) is 0. The first-order chi connectivity index (χ1) is 7.20. The molecule has 0 aromatic carbocycles. The van der Waals surface area contributed by atoms with E-state index in [1.165, 1.54) is 0 Å². The Morgan fingerprint density at radius 3 is 2.53 bits per heavy atom. The molecule has 0 unspecified atom stereocenters. The van der Waals surface area contributed by atoms with E-state index in [0.29, 0.717) is 11.9 Å². The monoisotopic (exact) mass is 231 g/mol. The SMILES string of the molecule is COCCCc1nnc(CCl)n1C(C)C. The van der Waals surface area contributed by atoms with Crippen molar-refractivity contribution >= 4 is 11.6 Å². The zero-order valence-corrected chi connectivity index (χ0v) is 10.3.